The van der Waals surface area contributed by atoms with Crippen LogP contribution >= 0.6 is 11.6 Å². The number of nitrogens with zero attached hydrogens (tertiary/aromatic N) is 3. The van der Waals surface area contributed by atoms with E-state index in [1.807, 2.05) is 44.0 Å². The molecule has 1 fully saturated rings. The Morgan fingerprint density at radius 2 is 1.86 bits per heavy atom. The van der Waals surface area contributed by atoms with Gasteiger partial charge >= 0.3 is 5.97 Å². The van der Waals surface area contributed by atoms with Gasteiger partial charge in [0.05, 0.1) is 20.3 Å². The van der Waals surface area contributed by atoms with Crippen molar-refractivity contribution < 1.29 is 19.0 Å². The second kappa shape index (κ2) is 9.31. The van der Waals surface area contributed by atoms with Crippen LogP contribution in [-0.2, 0) is 11.3 Å². The molecule has 0 amide bonds. The lowest BCUT2D eigenvalue weighted by Crippen LogP contribution is -2.21. The number of carbonyl (C=O) groups excluding carboxylic acids is 1. The van der Waals surface area contributed by atoms with Crippen molar-refractivity contribution in [2.24, 2.45) is 0 Å². The molecule has 2 aromatic rings. The van der Waals surface area contributed by atoms with Gasteiger partial charge in [-0.25, -0.2) is 14.8 Å². The van der Waals surface area contributed by atoms with Crippen LogP contribution in [0.1, 0.15) is 54.5 Å². The molecule has 0 N–H and O–H groups in total. The van der Waals surface area contributed by atoms with Crippen molar-refractivity contribution in [3.8, 4) is 11.5 Å². The van der Waals surface area contributed by atoms with Crippen LogP contribution in [0.4, 0.5) is 5.82 Å². The molecule has 29 heavy (non-hydrogen) atoms. The Morgan fingerprint density at radius 3 is 2.48 bits per heavy atom. The Morgan fingerprint density at radius 1 is 1.17 bits per heavy atom. The summed E-state index contributed by atoms with van der Waals surface area (Å²) in [6.45, 7) is 5.50. The molecular weight excluding hydrogens is 394 g/mol. The van der Waals surface area contributed by atoms with Crippen LogP contribution in [0.2, 0.25) is 5.02 Å². The molecule has 0 aliphatic heterocycles. The number of hydrogen-bond donors (Lipinski definition) is 0. The molecule has 1 aliphatic carbocycles. The van der Waals surface area contributed by atoms with Gasteiger partial charge in [0.1, 0.15) is 10.8 Å². The maximum atomic E-state index is 12.1. The lowest BCUT2D eigenvalue weighted by Gasteiger charge is -2.22. The largest absolute Gasteiger partial charge is 0.490 e. The van der Waals surface area contributed by atoms with Crippen molar-refractivity contribution in [2.45, 2.75) is 39.2 Å². The van der Waals surface area contributed by atoms with E-state index in [9.17, 15) is 4.79 Å². The Bertz CT molecular complexity index is 886. The normalized spacial score (nSPS) is 13.1. The fourth-order valence-electron chi connectivity index (χ4n) is 3.00. The van der Waals surface area contributed by atoms with Crippen molar-refractivity contribution in [2.75, 3.05) is 32.3 Å². The minimum absolute atomic E-state index is 0.106. The van der Waals surface area contributed by atoms with E-state index in [1.165, 1.54) is 7.11 Å². The molecule has 7 nitrogen and oxygen atoms in total. The van der Waals surface area contributed by atoms with Crippen LogP contribution in [0.25, 0.3) is 0 Å². The molecule has 8 heteroatoms. The molecule has 1 aromatic carbocycles. The third-order valence-electron chi connectivity index (χ3n) is 4.56. The summed E-state index contributed by atoms with van der Waals surface area (Å²) >= 11 is 6.48. The first-order valence-electron chi connectivity index (χ1n) is 9.73. The lowest BCUT2D eigenvalue weighted by molar-refractivity contribution is 0.0593. The molecule has 0 unspecified atom stereocenters. The number of esters is 1. The number of methoxy groups -OCH3 is 1. The number of hydrogen-bond acceptors (Lipinski definition) is 7. The van der Waals surface area contributed by atoms with Crippen molar-refractivity contribution in [1.29, 1.82) is 0 Å². The van der Waals surface area contributed by atoms with Gasteiger partial charge in [-0.2, -0.15) is 0 Å². The maximum absolute atomic E-state index is 12.1. The summed E-state index contributed by atoms with van der Waals surface area (Å²) in [5, 5.41) is 0.194. The second-order valence-corrected chi connectivity index (χ2v) is 7.21. The molecule has 0 bridgehead atoms. The maximum Gasteiger partial charge on any atom is 0.358 e. The highest BCUT2D eigenvalue weighted by atomic mass is 35.5. The summed E-state index contributed by atoms with van der Waals surface area (Å²) in [4.78, 5) is 23.0. The van der Waals surface area contributed by atoms with E-state index < -0.39 is 5.97 Å². The zero-order chi connectivity index (χ0) is 21.0. The second-order valence-electron chi connectivity index (χ2n) is 6.84. The van der Waals surface area contributed by atoms with Gasteiger partial charge in [0.2, 0.25) is 0 Å². The topological polar surface area (TPSA) is 73.8 Å². The molecule has 1 aliphatic rings. The van der Waals surface area contributed by atoms with Crippen LogP contribution < -0.4 is 14.4 Å². The fraction of sp³-hybridized carbons (Fsp3) is 0.476. The van der Waals surface area contributed by atoms with Crippen molar-refractivity contribution in [1.82, 2.24) is 9.97 Å². The van der Waals surface area contributed by atoms with Gasteiger partial charge in [-0.1, -0.05) is 17.7 Å². The third kappa shape index (κ3) is 4.90. The monoisotopic (exact) mass is 419 g/mol. The molecule has 156 valence electrons. The van der Waals surface area contributed by atoms with Gasteiger partial charge in [0, 0.05) is 19.5 Å². The summed E-state index contributed by atoms with van der Waals surface area (Å²) in [7, 11) is 3.19. The van der Waals surface area contributed by atoms with Crippen LogP contribution in [-0.4, -0.2) is 43.3 Å². The quantitative estimate of drug-likeness (QED) is 0.563. The third-order valence-corrected chi connectivity index (χ3v) is 4.91. The molecule has 1 aromatic heterocycles. The molecule has 1 heterocycles. The number of aromatic nitrogens is 2. The number of halogens is 1. The first kappa shape index (κ1) is 21.2. The van der Waals surface area contributed by atoms with E-state index in [0.29, 0.717) is 42.9 Å². The zero-order valence-corrected chi connectivity index (χ0v) is 18.0. The highest BCUT2D eigenvalue weighted by molar-refractivity contribution is 6.35. The summed E-state index contributed by atoms with van der Waals surface area (Å²) in [5.74, 6) is 2.27. The van der Waals surface area contributed by atoms with Crippen molar-refractivity contribution >= 4 is 23.4 Å². The summed E-state index contributed by atoms with van der Waals surface area (Å²) in [6, 6.07) is 5.82. The lowest BCUT2D eigenvalue weighted by atomic mass is 10.2. The van der Waals surface area contributed by atoms with E-state index in [4.69, 9.17) is 25.8 Å². The first-order valence-corrected chi connectivity index (χ1v) is 10.1. The first-order chi connectivity index (χ1) is 14.0. The summed E-state index contributed by atoms with van der Waals surface area (Å²) < 4.78 is 16.2. The predicted octanol–water partition coefficient (Wildman–Crippen LogP) is 4.23. The standard InChI is InChI=1S/C21H26ClN3O4/c1-5-28-15-10-7-13(11-16(15)29-6-2)12-25(3)20-17(22)18(21(26)27-4)23-19(24-20)14-8-9-14/h7,10-11,14H,5-6,8-9,12H2,1-4H3. The molecule has 1 saturated carbocycles. The minimum atomic E-state index is -0.561. The number of ether oxygens (including phenoxy) is 3. The highest BCUT2D eigenvalue weighted by Gasteiger charge is 2.31. The van der Waals surface area contributed by atoms with Crippen LogP contribution in [0, 0.1) is 0 Å². The highest BCUT2D eigenvalue weighted by Crippen LogP contribution is 2.40. The Kier molecular flexibility index (Phi) is 6.79. The number of anilines is 1. The molecule has 0 radical (unpaired) electrons. The smallest absolute Gasteiger partial charge is 0.358 e. The molecule has 0 saturated heterocycles. The van der Waals surface area contributed by atoms with E-state index in [2.05, 4.69) is 9.97 Å². The predicted molar refractivity (Wildman–Crippen MR) is 111 cm³/mol. The van der Waals surface area contributed by atoms with E-state index in [-0.39, 0.29) is 16.6 Å². The summed E-state index contributed by atoms with van der Waals surface area (Å²) in [5.41, 5.74) is 1.11. The Labute approximate surface area is 176 Å². The minimum Gasteiger partial charge on any atom is -0.490 e. The Balaban J connectivity index is 1.90. The fourth-order valence-corrected chi connectivity index (χ4v) is 3.31. The van der Waals surface area contributed by atoms with Gasteiger partial charge in [0.15, 0.2) is 23.0 Å². The average Bonchev–Trinajstić information content (AvgIpc) is 3.55. The van der Waals surface area contributed by atoms with Gasteiger partial charge < -0.3 is 19.1 Å². The number of rotatable bonds is 9. The van der Waals surface area contributed by atoms with Crippen molar-refractivity contribution in [3.63, 3.8) is 0 Å². The molecule has 0 spiro atoms. The molecule has 3 rings (SSSR count). The van der Waals surface area contributed by atoms with Crippen LogP contribution in [0.15, 0.2) is 18.2 Å². The van der Waals surface area contributed by atoms with E-state index >= 15 is 0 Å². The Hall–Kier alpha value is -2.54. The molecule has 0 atom stereocenters. The van der Waals surface area contributed by atoms with Gasteiger partial charge in [0.25, 0.3) is 0 Å². The molecular formula is C21H26ClN3O4. The van der Waals surface area contributed by atoms with Gasteiger partial charge in [-0.3, -0.25) is 0 Å². The van der Waals surface area contributed by atoms with Gasteiger partial charge in [-0.05, 0) is 44.4 Å². The van der Waals surface area contributed by atoms with Crippen LogP contribution in [0.3, 0.4) is 0 Å². The SMILES string of the molecule is CCOc1ccc(CN(C)c2nc(C3CC3)nc(C(=O)OC)c2Cl)cc1OCC. The average molecular weight is 420 g/mol. The number of benzene rings is 1. The zero-order valence-electron chi connectivity index (χ0n) is 17.2. The van der Waals surface area contributed by atoms with Crippen molar-refractivity contribution in [3.05, 3.63) is 40.3 Å². The van der Waals surface area contributed by atoms with Gasteiger partial charge in [-0.15, -0.1) is 0 Å². The van der Waals surface area contributed by atoms with E-state index in [0.717, 1.165) is 18.4 Å². The van der Waals surface area contributed by atoms with Crippen LogP contribution in [0.5, 0.6) is 11.5 Å². The number of carbonyl (C=O) groups is 1. The van der Waals surface area contributed by atoms with E-state index in [1.54, 1.807) is 0 Å². The summed E-state index contributed by atoms with van der Waals surface area (Å²) in [6.07, 6.45) is 2.03.